The van der Waals surface area contributed by atoms with Crippen LogP contribution in [0.25, 0.3) is 0 Å². The summed E-state index contributed by atoms with van der Waals surface area (Å²) in [5.74, 6) is -0.455. The van der Waals surface area contributed by atoms with Crippen molar-refractivity contribution in [1.29, 1.82) is 0 Å². The number of anilines is 1. The number of carbonyl (C=O) groups is 1. The molecule has 1 aromatic carbocycles. The van der Waals surface area contributed by atoms with Crippen LogP contribution in [0.5, 0.6) is 0 Å². The average Bonchev–Trinajstić information content (AvgIpc) is 2.62. The van der Waals surface area contributed by atoms with Crippen molar-refractivity contribution >= 4 is 46.4 Å². The maximum absolute atomic E-state index is 12.1. The van der Waals surface area contributed by atoms with Gasteiger partial charge in [-0.15, -0.1) is 0 Å². The third-order valence-corrected chi connectivity index (χ3v) is 3.76. The molecule has 1 amide bonds. The van der Waals surface area contributed by atoms with E-state index in [1.165, 1.54) is 4.68 Å². The van der Waals surface area contributed by atoms with Crippen LogP contribution in [-0.2, 0) is 7.05 Å². The number of hydrogen-bond acceptors (Lipinski definition) is 2. The van der Waals surface area contributed by atoms with Crippen molar-refractivity contribution in [2.45, 2.75) is 6.92 Å². The molecule has 0 unspecified atom stereocenters. The van der Waals surface area contributed by atoms with E-state index in [1.807, 2.05) is 0 Å². The average molecular weight is 319 g/mol. The topological polar surface area (TPSA) is 46.9 Å². The largest absolute Gasteiger partial charge is 0.318 e. The zero-order chi connectivity index (χ0) is 14.2. The molecule has 1 heterocycles. The Bertz CT molecular complexity index is 632. The minimum atomic E-state index is -0.455. The van der Waals surface area contributed by atoms with Crippen LogP contribution in [0.2, 0.25) is 15.1 Å². The predicted molar refractivity (Wildman–Crippen MR) is 77.4 cm³/mol. The first-order valence-corrected chi connectivity index (χ1v) is 6.49. The molecule has 0 radical (unpaired) electrons. The molecular formula is C12H10Cl3N3O. The van der Waals surface area contributed by atoms with Gasteiger partial charge in [-0.05, 0) is 19.1 Å². The number of aryl methyl sites for hydroxylation is 1. The molecule has 0 atom stereocenters. The number of nitrogens with one attached hydrogen (secondary N) is 1. The van der Waals surface area contributed by atoms with Gasteiger partial charge in [0.2, 0.25) is 0 Å². The molecule has 0 fully saturated rings. The lowest BCUT2D eigenvalue weighted by Gasteiger charge is -2.07. The summed E-state index contributed by atoms with van der Waals surface area (Å²) in [4.78, 5) is 12.1. The van der Waals surface area contributed by atoms with E-state index >= 15 is 0 Å². The lowest BCUT2D eigenvalue weighted by atomic mass is 10.3. The van der Waals surface area contributed by atoms with Gasteiger partial charge in [-0.2, -0.15) is 5.10 Å². The van der Waals surface area contributed by atoms with E-state index in [1.54, 1.807) is 32.2 Å². The van der Waals surface area contributed by atoms with Crippen molar-refractivity contribution in [2.75, 3.05) is 5.32 Å². The van der Waals surface area contributed by atoms with Crippen LogP contribution < -0.4 is 5.32 Å². The SMILES string of the molecule is Cc1c(Cl)c(C(=O)Nc2c(Cl)cccc2Cl)nn1C. The lowest BCUT2D eigenvalue weighted by molar-refractivity contribution is 0.102. The van der Waals surface area contributed by atoms with E-state index in [9.17, 15) is 4.79 Å². The number of nitrogens with zero attached hydrogens (tertiary/aromatic N) is 2. The first kappa shape index (κ1) is 14.2. The highest BCUT2D eigenvalue weighted by Crippen LogP contribution is 2.30. The minimum Gasteiger partial charge on any atom is -0.318 e. The van der Waals surface area contributed by atoms with Gasteiger partial charge in [0.05, 0.1) is 26.4 Å². The maximum Gasteiger partial charge on any atom is 0.277 e. The fourth-order valence-electron chi connectivity index (χ4n) is 1.52. The molecule has 2 rings (SSSR count). The molecule has 7 heteroatoms. The van der Waals surface area contributed by atoms with Gasteiger partial charge in [-0.3, -0.25) is 9.48 Å². The first-order chi connectivity index (χ1) is 8.91. The van der Waals surface area contributed by atoms with Crippen molar-refractivity contribution in [2.24, 2.45) is 7.05 Å². The number of para-hydroxylation sites is 1. The number of amides is 1. The number of benzene rings is 1. The molecule has 100 valence electrons. The second-order valence-corrected chi connectivity index (χ2v) is 5.11. The zero-order valence-corrected chi connectivity index (χ0v) is 12.4. The highest BCUT2D eigenvalue weighted by molar-refractivity contribution is 6.40. The Balaban J connectivity index is 2.34. The Morgan fingerprint density at radius 1 is 1.26 bits per heavy atom. The highest BCUT2D eigenvalue weighted by Gasteiger charge is 2.19. The number of halogens is 3. The standard InChI is InChI=1S/C12H10Cl3N3O/c1-6-9(15)11(17-18(6)2)12(19)16-10-7(13)4-3-5-8(10)14/h3-5H,1-2H3,(H,16,19). The third kappa shape index (κ3) is 2.71. The summed E-state index contributed by atoms with van der Waals surface area (Å²) in [5, 5.41) is 7.68. The summed E-state index contributed by atoms with van der Waals surface area (Å²) in [5.41, 5.74) is 1.19. The van der Waals surface area contributed by atoms with Crippen LogP contribution in [0.4, 0.5) is 5.69 Å². The van der Waals surface area contributed by atoms with Crippen LogP contribution in [0.1, 0.15) is 16.2 Å². The van der Waals surface area contributed by atoms with Gasteiger partial charge < -0.3 is 5.32 Å². The molecule has 0 saturated heterocycles. The summed E-state index contributed by atoms with van der Waals surface area (Å²) in [7, 11) is 1.71. The van der Waals surface area contributed by atoms with Crippen LogP contribution in [0.15, 0.2) is 18.2 Å². The molecule has 2 aromatic rings. The summed E-state index contributed by atoms with van der Waals surface area (Å²) < 4.78 is 1.53. The second-order valence-electron chi connectivity index (χ2n) is 3.92. The van der Waals surface area contributed by atoms with Crippen LogP contribution in [0.3, 0.4) is 0 Å². The maximum atomic E-state index is 12.1. The van der Waals surface area contributed by atoms with Crippen molar-refractivity contribution in [3.63, 3.8) is 0 Å². The quantitative estimate of drug-likeness (QED) is 0.911. The van der Waals surface area contributed by atoms with Crippen molar-refractivity contribution in [1.82, 2.24) is 9.78 Å². The normalized spacial score (nSPS) is 10.6. The Morgan fingerprint density at radius 3 is 2.32 bits per heavy atom. The fourth-order valence-corrected chi connectivity index (χ4v) is 2.26. The van der Waals surface area contributed by atoms with Gasteiger partial charge in [0.1, 0.15) is 0 Å². The van der Waals surface area contributed by atoms with Crippen LogP contribution in [0, 0.1) is 6.92 Å². The summed E-state index contributed by atoms with van der Waals surface area (Å²) in [6, 6.07) is 4.96. The van der Waals surface area contributed by atoms with E-state index in [-0.39, 0.29) is 5.69 Å². The molecule has 0 spiro atoms. The molecule has 0 aliphatic rings. The fraction of sp³-hybridized carbons (Fsp3) is 0.167. The molecule has 1 N–H and O–H groups in total. The van der Waals surface area contributed by atoms with E-state index < -0.39 is 5.91 Å². The smallest absolute Gasteiger partial charge is 0.277 e. The molecule has 0 aliphatic heterocycles. The monoisotopic (exact) mass is 317 g/mol. The van der Waals surface area contributed by atoms with Gasteiger partial charge in [-0.1, -0.05) is 40.9 Å². The second kappa shape index (κ2) is 5.41. The first-order valence-electron chi connectivity index (χ1n) is 5.36. The number of rotatable bonds is 2. The van der Waals surface area contributed by atoms with Crippen molar-refractivity contribution < 1.29 is 4.79 Å². The van der Waals surface area contributed by atoms with Gasteiger partial charge in [0, 0.05) is 7.05 Å². The summed E-state index contributed by atoms with van der Waals surface area (Å²) >= 11 is 18.0. The van der Waals surface area contributed by atoms with Gasteiger partial charge in [-0.25, -0.2) is 0 Å². The van der Waals surface area contributed by atoms with Crippen LogP contribution >= 0.6 is 34.8 Å². The highest BCUT2D eigenvalue weighted by atomic mass is 35.5. The van der Waals surface area contributed by atoms with E-state index in [2.05, 4.69) is 10.4 Å². The Hall–Kier alpha value is -1.23. The van der Waals surface area contributed by atoms with Crippen LogP contribution in [-0.4, -0.2) is 15.7 Å². The van der Waals surface area contributed by atoms with Crippen molar-refractivity contribution in [3.8, 4) is 0 Å². The Labute approximate surface area is 125 Å². The number of aromatic nitrogens is 2. The van der Waals surface area contributed by atoms with E-state index in [0.717, 1.165) is 0 Å². The third-order valence-electron chi connectivity index (χ3n) is 2.68. The number of carbonyl (C=O) groups excluding carboxylic acids is 1. The molecule has 19 heavy (non-hydrogen) atoms. The minimum absolute atomic E-state index is 0.137. The molecular weight excluding hydrogens is 309 g/mol. The van der Waals surface area contributed by atoms with E-state index in [4.69, 9.17) is 34.8 Å². The lowest BCUT2D eigenvalue weighted by Crippen LogP contribution is -2.14. The van der Waals surface area contributed by atoms with Crippen molar-refractivity contribution in [3.05, 3.63) is 44.7 Å². The Morgan fingerprint density at radius 2 is 1.84 bits per heavy atom. The summed E-state index contributed by atoms with van der Waals surface area (Å²) in [6.07, 6.45) is 0. The molecule has 0 bridgehead atoms. The predicted octanol–water partition coefficient (Wildman–Crippen LogP) is 3.94. The Kier molecular flexibility index (Phi) is 4.04. The van der Waals surface area contributed by atoms with E-state index in [0.29, 0.717) is 26.4 Å². The molecule has 1 aromatic heterocycles. The number of hydrogen-bond donors (Lipinski definition) is 1. The van der Waals surface area contributed by atoms with Gasteiger partial charge in [0.25, 0.3) is 5.91 Å². The molecule has 4 nitrogen and oxygen atoms in total. The molecule has 0 aliphatic carbocycles. The zero-order valence-electron chi connectivity index (χ0n) is 10.2. The molecule has 0 saturated carbocycles. The van der Waals surface area contributed by atoms with Gasteiger partial charge in [0.15, 0.2) is 5.69 Å². The summed E-state index contributed by atoms with van der Waals surface area (Å²) in [6.45, 7) is 1.77. The van der Waals surface area contributed by atoms with Gasteiger partial charge >= 0.3 is 0 Å².